The Balaban J connectivity index is 1.81. The van der Waals surface area contributed by atoms with Crippen LogP contribution in [0.5, 0.6) is 0 Å². The highest BCUT2D eigenvalue weighted by Gasteiger charge is 2.18. The molecule has 0 radical (unpaired) electrons. The standard InChI is InChI=1S/C17H12N6OS2/c1-22(2)15-12-13-14(26-16(12)19-6-18-15)17(24)23(7-20-13)9-3-4-10-11(5-9)25-8-21-10/h3-8H,1-2H3. The van der Waals surface area contributed by atoms with Crippen LogP contribution in [0, 0.1) is 0 Å². The Labute approximate surface area is 155 Å². The maximum absolute atomic E-state index is 13.1. The van der Waals surface area contributed by atoms with Crippen LogP contribution in [0.2, 0.25) is 0 Å². The number of hydrogen-bond acceptors (Lipinski definition) is 8. The van der Waals surface area contributed by atoms with E-state index in [1.807, 2.05) is 37.2 Å². The number of benzene rings is 1. The Kier molecular flexibility index (Phi) is 3.28. The van der Waals surface area contributed by atoms with Crippen LogP contribution in [0.25, 0.3) is 36.3 Å². The van der Waals surface area contributed by atoms with Crippen molar-refractivity contribution in [1.29, 1.82) is 0 Å². The highest BCUT2D eigenvalue weighted by atomic mass is 32.1. The van der Waals surface area contributed by atoms with E-state index in [4.69, 9.17) is 0 Å². The molecule has 0 saturated carbocycles. The summed E-state index contributed by atoms with van der Waals surface area (Å²) in [6, 6.07) is 5.76. The lowest BCUT2D eigenvalue weighted by Gasteiger charge is -2.11. The molecule has 5 aromatic rings. The van der Waals surface area contributed by atoms with E-state index < -0.39 is 0 Å². The molecular weight excluding hydrogens is 368 g/mol. The van der Waals surface area contributed by atoms with Gasteiger partial charge in [0, 0.05) is 14.1 Å². The van der Waals surface area contributed by atoms with Gasteiger partial charge < -0.3 is 4.90 Å². The Morgan fingerprint density at radius 2 is 2.00 bits per heavy atom. The lowest BCUT2D eigenvalue weighted by molar-refractivity contribution is 0.969. The summed E-state index contributed by atoms with van der Waals surface area (Å²) in [6.45, 7) is 0. The molecule has 5 rings (SSSR count). The Hall–Kier alpha value is -2.91. The second-order valence-corrected chi connectivity index (χ2v) is 7.86. The molecule has 4 heterocycles. The average Bonchev–Trinajstić information content (AvgIpc) is 3.25. The molecule has 0 atom stereocenters. The highest BCUT2D eigenvalue weighted by Crippen LogP contribution is 2.34. The molecule has 0 spiro atoms. The number of fused-ring (bicyclic) bond motifs is 4. The van der Waals surface area contributed by atoms with Gasteiger partial charge in [-0.15, -0.1) is 22.7 Å². The van der Waals surface area contributed by atoms with Crippen molar-refractivity contribution in [2.45, 2.75) is 0 Å². The fourth-order valence-electron chi connectivity index (χ4n) is 2.97. The van der Waals surface area contributed by atoms with E-state index in [0.717, 1.165) is 31.9 Å². The van der Waals surface area contributed by atoms with Crippen LogP contribution >= 0.6 is 22.7 Å². The number of thiazole rings is 1. The van der Waals surface area contributed by atoms with E-state index in [9.17, 15) is 4.79 Å². The molecule has 0 aliphatic carbocycles. The Bertz CT molecular complexity index is 1350. The molecular formula is C17H12N6OS2. The third-order valence-corrected chi connectivity index (χ3v) is 6.04. The lowest BCUT2D eigenvalue weighted by Crippen LogP contribution is -2.17. The highest BCUT2D eigenvalue weighted by molar-refractivity contribution is 7.25. The first-order valence-corrected chi connectivity index (χ1v) is 9.49. The summed E-state index contributed by atoms with van der Waals surface area (Å²) >= 11 is 2.90. The molecule has 0 amide bonds. The van der Waals surface area contributed by atoms with Crippen molar-refractivity contribution in [2.24, 2.45) is 0 Å². The van der Waals surface area contributed by atoms with Crippen LogP contribution in [0.4, 0.5) is 5.82 Å². The normalized spacial score (nSPS) is 11.6. The second-order valence-electron chi connectivity index (χ2n) is 5.98. The van der Waals surface area contributed by atoms with Crippen molar-refractivity contribution in [3.63, 3.8) is 0 Å². The molecule has 7 nitrogen and oxygen atoms in total. The van der Waals surface area contributed by atoms with Gasteiger partial charge in [-0.3, -0.25) is 9.36 Å². The van der Waals surface area contributed by atoms with Gasteiger partial charge >= 0.3 is 0 Å². The minimum absolute atomic E-state index is 0.105. The fourth-order valence-corrected chi connectivity index (χ4v) is 4.70. The summed E-state index contributed by atoms with van der Waals surface area (Å²) in [4.78, 5) is 33.3. The summed E-state index contributed by atoms with van der Waals surface area (Å²) in [5.41, 5.74) is 4.04. The average molecular weight is 380 g/mol. The third-order valence-electron chi connectivity index (χ3n) is 4.18. The number of thiophene rings is 1. The summed E-state index contributed by atoms with van der Waals surface area (Å²) in [7, 11) is 3.83. The van der Waals surface area contributed by atoms with Crippen molar-refractivity contribution >= 4 is 59.1 Å². The minimum Gasteiger partial charge on any atom is -0.362 e. The quantitative estimate of drug-likeness (QED) is 0.468. The largest absolute Gasteiger partial charge is 0.362 e. The van der Waals surface area contributed by atoms with Crippen LogP contribution in [0.1, 0.15) is 0 Å². The summed E-state index contributed by atoms with van der Waals surface area (Å²) in [5, 5.41) is 0.819. The van der Waals surface area contributed by atoms with E-state index in [-0.39, 0.29) is 5.56 Å². The zero-order chi connectivity index (χ0) is 17.8. The van der Waals surface area contributed by atoms with Crippen molar-refractivity contribution in [2.75, 3.05) is 19.0 Å². The van der Waals surface area contributed by atoms with E-state index in [0.29, 0.717) is 10.2 Å². The SMILES string of the molecule is CN(C)c1ncnc2sc3c(=O)n(-c4ccc5ncsc5c4)cnc3c12. The zero-order valence-electron chi connectivity index (χ0n) is 13.9. The Morgan fingerprint density at radius 1 is 1.12 bits per heavy atom. The molecule has 0 aliphatic rings. The molecule has 0 fully saturated rings. The maximum Gasteiger partial charge on any atom is 0.275 e. The predicted octanol–water partition coefficient (Wildman–Crippen LogP) is 3.07. The zero-order valence-corrected chi connectivity index (χ0v) is 15.5. The molecule has 4 aromatic heterocycles. The van der Waals surface area contributed by atoms with Gasteiger partial charge in [0.05, 0.1) is 26.8 Å². The van der Waals surface area contributed by atoms with Gasteiger partial charge in [-0.2, -0.15) is 0 Å². The van der Waals surface area contributed by atoms with Crippen LogP contribution in [-0.4, -0.2) is 38.6 Å². The van der Waals surface area contributed by atoms with E-state index in [1.165, 1.54) is 17.7 Å². The monoisotopic (exact) mass is 380 g/mol. The van der Waals surface area contributed by atoms with Gasteiger partial charge in [0.25, 0.3) is 5.56 Å². The van der Waals surface area contributed by atoms with Gasteiger partial charge in [0.1, 0.15) is 33.5 Å². The summed E-state index contributed by atoms with van der Waals surface area (Å²) in [6.07, 6.45) is 3.09. The third kappa shape index (κ3) is 2.14. The second kappa shape index (κ2) is 5.55. The first-order valence-electron chi connectivity index (χ1n) is 7.79. The number of rotatable bonds is 2. The van der Waals surface area contributed by atoms with E-state index in [1.54, 1.807) is 27.7 Å². The minimum atomic E-state index is -0.105. The van der Waals surface area contributed by atoms with Crippen LogP contribution in [-0.2, 0) is 0 Å². The van der Waals surface area contributed by atoms with Gasteiger partial charge in [-0.25, -0.2) is 19.9 Å². The summed E-state index contributed by atoms with van der Waals surface area (Å²) in [5.74, 6) is 0.761. The fraction of sp³-hybridized carbons (Fsp3) is 0.118. The van der Waals surface area contributed by atoms with Crippen LogP contribution in [0.3, 0.4) is 0 Å². The van der Waals surface area contributed by atoms with Crippen molar-refractivity contribution in [1.82, 2.24) is 24.5 Å². The Morgan fingerprint density at radius 3 is 2.85 bits per heavy atom. The molecule has 1 aromatic carbocycles. The number of hydrogen-bond donors (Lipinski definition) is 0. The summed E-state index contributed by atoms with van der Waals surface area (Å²) < 4.78 is 3.18. The number of nitrogens with zero attached hydrogens (tertiary/aromatic N) is 6. The van der Waals surface area contributed by atoms with Gasteiger partial charge in [-0.05, 0) is 18.2 Å². The van der Waals surface area contributed by atoms with Crippen LogP contribution in [0.15, 0.2) is 41.2 Å². The van der Waals surface area contributed by atoms with Crippen molar-refractivity contribution in [3.05, 3.63) is 46.7 Å². The maximum atomic E-state index is 13.1. The first-order chi connectivity index (χ1) is 12.6. The topological polar surface area (TPSA) is 76.8 Å². The first kappa shape index (κ1) is 15.4. The number of anilines is 1. The molecule has 0 unspecified atom stereocenters. The van der Waals surface area contributed by atoms with Gasteiger partial charge in [0.2, 0.25) is 0 Å². The van der Waals surface area contributed by atoms with Gasteiger partial charge in [0.15, 0.2) is 0 Å². The molecule has 0 aliphatic heterocycles. The molecule has 0 N–H and O–H groups in total. The number of aromatic nitrogens is 5. The van der Waals surface area contributed by atoms with E-state index >= 15 is 0 Å². The molecule has 26 heavy (non-hydrogen) atoms. The van der Waals surface area contributed by atoms with Crippen LogP contribution < -0.4 is 10.5 Å². The molecule has 0 saturated heterocycles. The molecule has 0 bridgehead atoms. The lowest BCUT2D eigenvalue weighted by atomic mass is 10.3. The smallest absolute Gasteiger partial charge is 0.275 e. The van der Waals surface area contributed by atoms with Crippen molar-refractivity contribution < 1.29 is 0 Å². The van der Waals surface area contributed by atoms with Crippen molar-refractivity contribution in [3.8, 4) is 5.69 Å². The predicted molar refractivity (Wildman–Crippen MR) is 106 cm³/mol. The van der Waals surface area contributed by atoms with E-state index in [2.05, 4.69) is 19.9 Å². The molecule has 128 valence electrons. The molecule has 9 heteroatoms. The van der Waals surface area contributed by atoms with Gasteiger partial charge in [-0.1, -0.05) is 0 Å².